The molecule has 0 spiro atoms. The molecular weight excluding hydrogens is 230 g/mol. The van der Waals surface area contributed by atoms with Crippen molar-refractivity contribution in [2.75, 3.05) is 13.2 Å². The average molecular weight is 247 g/mol. The van der Waals surface area contributed by atoms with E-state index in [2.05, 4.69) is 15.5 Å². The number of aliphatic hydroxyl groups excluding tert-OH is 1. The van der Waals surface area contributed by atoms with Gasteiger partial charge in [0.25, 0.3) is 5.91 Å². The van der Waals surface area contributed by atoms with E-state index in [0.29, 0.717) is 12.1 Å². The maximum Gasteiger partial charge on any atom is 0.251 e. The Bertz CT molecular complexity index is 522. The van der Waals surface area contributed by atoms with Gasteiger partial charge in [-0.1, -0.05) is 6.07 Å². The molecule has 96 valence electrons. The zero-order valence-corrected chi connectivity index (χ0v) is 10.1. The van der Waals surface area contributed by atoms with Crippen LogP contribution in [0.3, 0.4) is 0 Å². The zero-order chi connectivity index (χ0) is 12.8. The van der Waals surface area contributed by atoms with Crippen molar-refractivity contribution in [3.8, 4) is 0 Å². The molecule has 18 heavy (non-hydrogen) atoms. The van der Waals surface area contributed by atoms with Gasteiger partial charge in [-0.2, -0.15) is 5.10 Å². The predicted molar refractivity (Wildman–Crippen MR) is 69.4 cm³/mol. The summed E-state index contributed by atoms with van der Waals surface area (Å²) >= 11 is 0. The van der Waals surface area contributed by atoms with Crippen molar-refractivity contribution >= 4 is 16.8 Å². The van der Waals surface area contributed by atoms with Gasteiger partial charge >= 0.3 is 0 Å². The summed E-state index contributed by atoms with van der Waals surface area (Å²) in [5.41, 5.74) is 1.50. The van der Waals surface area contributed by atoms with Crippen LogP contribution in [0.1, 0.15) is 29.6 Å². The molecule has 0 aliphatic rings. The number of nitrogens with one attached hydrogen (secondary N) is 2. The SMILES string of the molecule is O=C(NCCCCCO)c1ccc2cn[nH]c2c1. The zero-order valence-electron chi connectivity index (χ0n) is 10.1. The second-order valence-corrected chi connectivity index (χ2v) is 4.21. The first-order valence-corrected chi connectivity index (χ1v) is 6.13. The number of benzene rings is 1. The van der Waals surface area contributed by atoms with Gasteiger partial charge in [-0.05, 0) is 31.4 Å². The molecule has 0 atom stereocenters. The minimum Gasteiger partial charge on any atom is -0.396 e. The van der Waals surface area contributed by atoms with Gasteiger partial charge in [0.1, 0.15) is 0 Å². The van der Waals surface area contributed by atoms with Gasteiger partial charge in [0, 0.05) is 24.1 Å². The molecular formula is C13H17N3O2. The van der Waals surface area contributed by atoms with Gasteiger partial charge in [-0.25, -0.2) is 0 Å². The van der Waals surface area contributed by atoms with Gasteiger partial charge in [0.2, 0.25) is 0 Å². The predicted octanol–water partition coefficient (Wildman–Crippen LogP) is 1.46. The quantitative estimate of drug-likeness (QED) is 0.676. The van der Waals surface area contributed by atoms with Crippen LogP contribution in [0.15, 0.2) is 24.4 Å². The summed E-state index contributed by atoms with van der Waals surface area (Å²) in [6.07, 6.45) is 4.33. The molecule has 3 N–H and O–H groups in total. The van der Waals surface area contributed by atoms with Crippen LogP contribution in [0.2, 0.25) is 0 Å². The Morgan fingerprint density at radius 2 is 2.22 bits per heavy atom. The maximum absolute atomic E-state index is 11.8. The number of rotatable bonds is 6. The van der Waals surface area contributed by atoms with Crippen molar-refractivity contribution in [3.05, 3.63) is 30.0 Å². The van der Waals surface area contributed by atoms with Crippen LogP contribution in [0.25, 0.3) is 10.9 Å². The molecule has 5 heteroatoms. The second kappa shape index (κ2) is 6.16. The van der Waals surface area contributed by atoms with E-state index >= 15 is 0 Å². The van der Waals surface area contributed by atoms with Crippen molar-refractivity contribution in [2.45, 2.75) is 19.3 Å². The fourth-order valence-corrected chi connectivity index (χ4v) is 1.80. The van der Waals surface area contributed by atoms with E-state index in [0.717, 1.165) is 30.2 Å². The first kappa shape index (κ1) is 12.6. The normalized spacial score (nSPS) is 10.7. The molecule has 0 saturated carbocycles. The minimum atomic E-state index is -0.0736. The lowest BCUT2D eigenvalue weighted by Crippen LogP contribution is -2.24. The van der Waals surface area contributed by atoms with E-state index < -0.39 is 0 Å². The molecule has 1 heterocycles. The van der Waals surface area contributed by atoms with Gasteiger partial charge in [0.15, 0.2) is 0 Å². The average Bonchev–Trinajstić information content (AvgIpc) is 2.85. The summed E-state index contributed by atoms with van der Waals surface area (Å²) in [7, 11) is 0. The summed E-state index contributed by atoms with van der Waals surface area (Å²) in [6.45, 7) is 0.851. The maximum atomic E-state index is 11.8. The largest absolute Gasteiger partial charge is 0.396 e. The molecule has 5 nitrogen and oxygen atoms in total. The van der Waals surface area contributed by atoms with Gasteiger partial charge in [0.05, 0.1) is 11.7 Å². The van der Waals surface area contributed by atoms with Gasteiger partial charge < -0.3 is 10.4 Å². The van der Waals surface area contributed by atoms with Crippen molar-refractivity contribution in [2.24, 2.45) is 0 Å². The van der Waals surface area contributed by atoms with E-state index in [4.69, 9.17) is 5.11 Å². The molecule has 0 saturated heterocycles. The van der Waals surface area contributed by atoms with Crippen molar-refractivity contribution in [1.82, 2.24) is 15.5 Å². The highest BCUT2D eigenvalue weighted by molar-refractivity contribution is 5.97. The molecule has 1 aromatic heterocycles. The van der Waals surface area contributed by atoms with Crippen LogP contribution in [-0.2, 0) is 0 Å². The third-order valence-corrected chi connectivity index (χ3v) is 2.82. The number of fused-ring (bicyclic) bond motifs is 1. The Morgan fingerprint density at radius 3 is 3.06 bits per heavy atom. The van der Waals surface area contributed by atoms with E-state index in [1.54, 1.807) is 18.3 Å². The third kappa shape index (κ3) is 3.07. The summed E-state index contributed by atoms with van der Waals surface area (Å²) < 4.78 is 0. The number of carbonyl (C=O) groups excluding carboxylic acids is 1. The molecule has 0 aliphatic heterocycles. The fraction of sp³-hybridized carbons (Fsp3) is 0.385. The van der Waals surface area contributed by atoms with Gasteiger partial charge in [-0.15, -0.1) is 0 Å². The van der Waals surface area contributed by atoms with E-state index in [1.807, 2.05) is 6.07 Å². The molecule has 0 aliphatic carbocycles. The fourth-order valence-electron chi connectivity index (χ4n) is 1.80. The van der Waals surface area contributed by atoms with Gasteiger partial charge in [-0.3, -0.25) is 9.89 Å². The second-order valence-electron chi connectivity index (χ2n) is 4.21. The topological polar surface area (TPSA) is 78.0 Å². The Kier molecular flexibility index (Phi) is 4.30. The van der Waals surface area contributed by atoms with Crippen LogP contribution in [0, 0.1) is 0 Å². The molecule has 0 fully saturated rings. The van der Waals surface area contributed by atoms with E-state index in [1.165, 1.54) is 0 Å². The number of H-pyrrole nitrogens is 1. The molecule has 0 bridgehead atoms. The Morgan fingerprint density at radius 1 is 1.33 bits per heavy atom. The van der Waals surface area contributed by atoms with Crippen LogP contribution in [-0.4, -0.2) is 34.4 Å². The smallest absolute Gasteiger partial charge is 0.251 e. The number of carbonyl (C=O) groups is 1. The monoisotopic (exact) mass is 247 g/mol. The number of aliphatic hydroxyl groups is 1. The first-order chi connectivity index (χ1) is 8.81. The summed E-state index contributed by atoms with van der Waals surface area (Å²) in [4.78, 5) is 11.8. The number of aromatic nitrogens is 2. The molecule has 1 amide bonds. The number of unbranched alkanes of at least 4 members (excludes halogenated alkanes) is 2. The third-order valence-electron chi connectivity index (χ3n) is 2.82. The molecule has 0 unspecified atom stereocenters. The highest BCUT2D eigenvalue weighted by atomic mass is 16.2. The van der Waals surface area contributed by atoms with Crippen LogP contribution < -0.4 is 5.32 Å². The highest BCUT2D eigenvalue weighted by Crippen LogP contribution is 2.12. The first-order valence-electron chi connectivity index (χ1n) is 6.13. The Hall–Kier alpha value is -1.88. The lowest BCUT2D eigenvalue weighted by molar-refractivity contribution is 0.0953. The minimum absolute atomic E-state index is 0.0736. The summed E-state index contributed by atoms with van der Waals surface area (Å²) in [6, 6.07) is 5.46. The Labute approximate surface area is 105 Å². The molecule has 1 aromatic carbocycles. The summed E-state index contributed by atoms with van der Waals surface area (Å²) in [5.74, 6) is -0.0736. The molecule has 0 radical (unpaired) electrons. The number of nitrogens with zero attached hydrogens (tertiary/aromatic N) is 1. The van der Waals surface area contributed by atoms with Crippen LogP contribution in [0.4, 0.5) is 0 Å². The van der Waals surface area contributed by atoms with Crippen molar-refractivity contribution in [3.63, 3.8) is 0 Å². The molecule has 2 rings (SSSR count). The highest BCUT2D eigenvalue weighted by Gasteiger charge is 2.06. The number of aromatic amines is 1. The molecule has 2 aromatic rings. The Balaban J connectivity index is 1.88. The van der Waals surface area contributed by atoms with Crippen LogP contribution >= 0.6 is 0 Å². The lowest BCUT2D eigenvalue weighted by Gasteiger charge is -2.04. The number of hydrogen-bond donors (Lipinski definition) is 3. The number of hydrogen-bond acceptors (Lipinski definition) is 3. The van der Waals surface area contributed by atoms with E-state index in [9.17, 15) is 4.79 Å². The van der Waals surface area contributed by atoms with Crippen LogP contribution in [0.5, 0.6) is 0 Å². The van der Waals surface area contributed by atoms with E-state index in [-0.39, 0.29) is 12.5 Å². The summed E-state index contributed by atoms with van der Waals surface area (Å²) in [5, 5.41) is 19.2. The van der Waals surface area contributed by atoms with Crippen molar-refractivity contribution in [1.29, 1.82) is 0 Å². The van der Waals surface area contributed by atoms with Crippen molar-refractivity contribution < 1.29 is 9.90 Å². The lowest BCUT2D eigenvalue weighted by atomic mass is 10.1. The standard InChI is InChI=1S/C13H17N3O2/c17-7-3-1-2-6-14-13(18)10-4-5-11-9-15-16-12(11)8-10/h4-5,8-9,17H,1-3,6-7H2,(H,14,18)(H,15,16). The number of amides is 1.